The lowest BCUT2D eigenvalue weighted by atomic mass is 10.3. The zero-order valence-corrected chi connectivity index (χ0v) is 4.49. The lowest BCUT2D eigenvalue weighted by molar-refractivity contribution is -0.316. The molecule has 0 amide bonds. The van der Waals surface area contributed by atoms with Crippen LogP contribution in [0, 0.1) is 11.8 Å². The van der Waals surface area contributed by atoms with Crippen molar-refractivity contribution in [1.82, 2.24) is 0 Å². The van der Waals surface area contributed by atoms with Gasteiger partial charge < -0.3 is 19.8 Å². The zero-order chi connectivity index (χ0) is 7.02. The second-order valence-corrected chi connectivity index (χ2v) is 2.09. The Labute approximate surface area is 51.1 Å². The predicted octanol–water partition coefficient (Wildman–Crippen LogP) is -2.88. The maximum absolute atomic E-state index is 9.87. The molecule has 0 N–H and O–H groups in total. The molecule has 0 aliphatic heterocycles. The first-order valence-corrected chi connectivity index (χ1v) is 2.54. The van der Waals surface area contributed by atoms with Gasteiger partial charge in [-0.2, -0.15) is 0 Å². The summed E-state index contributed by atoms with van der Waals surface area (Å²) in [7, 11) is 0. The van der Waals surface area contributed by atoms with Gasteiger partial charge in [0.1, 0.15) is 0 Å². The maximum Gasteiger partial charge on any atom is 0.0452 e. The number of hydrogen-bond donors (Lipinski definition) is 0. The number of carboxylic acid groups (broad SMARTS) is 2. The average molecular weight is 128 g/mol. The molecular formula is C5H4O4-2. The van der Waals surface area contributed by atoms with Crippen molar-refractivity contribution in [1.29, 1.82) is 0 Å². The Morgan fingerprint density at radius 2 is 1.44 bits per heavy atom. The van der Waals surface area contributed by atoms with E-state index in [1.165, 1.54) is 0 Å². The van der Waals surface area contributed by atoms with Crippen molar-refractivity contribution in [3.8, 4) is 0 Å². The molecule has 0 saturated heterocycles. The first kappa shape index (κ1) is 6.07. The molecule has 4 nitrogen and oxygen atoms in total. The van der Waals surface area contributed by atoms with Crippen molar-refractivity contribution in [3.05, 3.63) is 0 Å². The van der Waals surface area contributed by atoms with Crippen molar-refractivity contribution in [2.45, 2.75) is 6.42 Å². The molecule has 9 heavy (non-hydrogen) atoms. The van der Waals surface area contributed by atoms with Gasteiger partial charge in [-0.25, -0.2) is 0 Å². The Morgan fingerprint density at radius 3 is 1.56 bits per heavy atom. The normalized spacial score (nSPS) is 31.6. The van der Waals surface area contributed by atoms with Crippen LogP contribution in [0.25, 0.3) is 0 Å². The Bertz CT molecular complexity index is 144. The Morgan fingerprint density at radius 1 is 1.11 bits per heavy atom. The van der Waals surface area contributed by atoms with E-state index in [0.29, 0.717) is 0 Å². The average Bonchev–Trinajstić information content (AvgIpc) is 2.39. The summed E-state index contributed by atoms with van der Waals surface area (Å²) in [6.07, 6.45) is 0.171. The van der Waals surface area contributed by atoms with E-state index in [1.807, 2.05) is 0 Å². The van der Waals surface area contributed by atoms with Gasteiger partial charge >= 0.3 is 0 Å². The third kappa shape index (κ3) is 1.01. The Kier molecular flexibility index (Phi) is 1.16. The van der Waals surface area contributed by atoms with E-state index >= 15 is 0 Å². The minimum absolute atomic E-state index is 0.171. The number of aliphatic carboxylic acids is 2. The van der Waals surface area contributed by atoms with E-state index in [-0.39, 0.29) is 6.42 Å². The van der Waals surface area contributed by atoms with Crippen LogP contribution in [0.15, 0.2) is 0 Å². The molecule has 0 unspecified atom stereocenters. The minimum Gasteiger partial charge on any atom is -0.550 e. The summed E-state index contributed by atoms with van der Waals surface area (Å²) >= 11 is 0. The van der Waals surface area contributed by atoms with Crippen LogP contribution in [0.2, 0.25) is 0 Å². The van der Waals surface area contributed by atoms with Crippen LogP contribution < -0.4 is 10.2 Å². The highest BCUT2D eigenvalue weighted by Crippen LogP contribution is 2.36. The van der Waals surface area contributed by atoms with E-state index in [0.717, 1.165) is 0 Å². The summed E-state index contributed by atoms with van der Waals surface area (Å²) in [5, 5.41) is 19.7. The highest BCUT2D eigenvalue weighted by molar-refractivity contribution is 5.83. The molecule has 1 aliphatic carbocycles. The molecule has 1 rings (SSSR count). The van der Waals surface area contributed by atoms with Crippen LogP contribution in [-0.2, 0) is 9.59 Å². The van der Waals surface area contributed by atoms with Gasteiger partial charge in [0.25, 0.3) is 0 Å². The fourth-order valence-electron chi connectivity index (χ4n) is 0.716. The third-order valence-corrected chi connectivity index (χ3v) is 1.40. The van der Waals surface area contributed by atoms with Crippen LogP contribution >= 0.6 is 0 Å². The van der Waals surface area contributed by atoms with Crippen molar-refractivity contribution in [2.75, 3.05) is 0 Å². The van der Waals surface area contributed by atoms with Crippen LogP contribution in [0.3, 0.4) is 0 Å². The molecule has 0 spiro atoms. The summed E-state index contributed by atoms with van der Waals surface area (Å²) in [6, 6.07) is 0. The summed E-state index contributed by atoms with van der Waals surface area (Å²) in [5.74, 6) is -4.17. The summed E-state index contributed by atoms with van der Waals surface area (Å²) < 4.78 is 0. The lowest BCUT2D eigenvalue weighted by Crippen LogP contribution is -2.30. The SMILES string of the molecule is O=C([O-])[C@H]1C[C@H]1C(=O)[O-]. The molecular weight excluding hydrogens is 124 g/mol. The number of rotatable bonds is 2. The molecule has 0 bridgehead atoms. The number of carbonyl (C=O) groups excluding carboxylic acids is 2. The monoisotopic (exact) mass is 128 g/mol. The van der Waals surface area contributed by atoms with Gasteiger partial charge in [-0.15, -0.1) is 0 Å². The van der Waals surface area contributed by atoms with Gasteiger partial charge in [0, 0.05) is 23.8 Å². The first-order chi connectivity index (χ1) is 4.13. The molecule has 2 atom stereocenters. The smallest absolute Gasteiger partial charge is 0.0452 e. The highest BCUT2D eigenvalue weighted by Gasteiger charge is 2.38. The fraction of sp³-hybridized carbons (Fsp3) is 0.600. The van der Waals surface area contributed by atoms with E-state index < -0.39 is 23.8 Å². The van der Waals surface area contributed by atoms with Crippen molar-refractivity contribution in [2.24, 2.45) is 11.8 Å². The van der Waals surface area contributed by atoms with E-state index in [4.69, 9.17) is 0 Å². The molecule has 0 aromatic rings. The lowest BCUT2D eigenvalue weighted by Gasteiger charge is -1.99. The van der Waals surface area contributed by atoms with Crippen molar-refractivity contribution in [3.63, 3.8) is 0 Å². The van der Waals surface area contributed by atoms with Gasteiger partial charge in [0.05, 0.1) is 0 Å². The molecule has 50 valence electrons. The zero-order valence-electron chi connectivity index (χ0n) is 4.49. The summed E-state index contributed by atoms with van der Waals surface area (Å²) in [6.45, 7) is 0. The molecule has 0 aromatic carbocycles. The fourth-order valence-corrected chi connectivity index (χ4v) is 0.716. The second kappa shape index (κ2) is 1.72. The predicted molar refractivity (Wildman–Crippen MR) is 21.6 cm³/mol. The van der Waals surface area contributed by atoms with Crippen LogP contribution in [0.5, 0.6) is 0 Å². The number of carbonyl (C=O) groups is 2. The molecule has 0 aromatic heterocycles. The van der Waals surface area contributed by atoms with E-state index in [9.17, 15) is 19.8 Å². The van der Waals surface area contributed by atoms with Crippen LogP contribution in [-0.4, -0.2) is 11.9 Å². The van der Waals surface area contributed by atoms with Gasteiger partial charge in [0.2, 0.25) is 0 Å². The molecule has 1 saturated carbocycles. The summed E-state index contributed by atoms with van der Waals surface area (Å²) in [4.78, 5) is 19.7. The highest BCUT2D eigenvalue weighted by atomic mass is 16.4. The second-order valence-electron chi connectivity index (χ2n) is 2.09. The first-order valence-electron chi connectivity index (χ1n) is 2.54. The van der Waals surface area contributed by atoms with Crippen molar-refractivity contribution >= 4 is 11.9 Å². The third-order valence-electron chi connectivity index (χ3n) is 1.40. The topological polar surface area (TPSA) is 80.3 Å². The maximum atomic E-state index is 9.87. The largest absolute Gasteiger partial charge is 0.550 e. The van der Waals surface area contributed by atoms with Gasteiger partial charge in [0.15, 0.2) is 0 Å². The van der Waals surface area contributed by atoms with Crippen LogP contribution in [0.1, 0.15) is 6.42 Å². The molecule has 4 heteroatoms. The molecule has 1 aliphatic rings. The van der Waals surface area contributed by atoms with Gasteiger partial charge in [-0.05, 0) is 6.42 Å². The van der Waals surface area contributed by atoms with Gasteiger partial charge in [-0.3, -0.25) is 0 Å². The van der Waals surface area contributed by atoms with Gasteiger partial charge in [-0.1, -0.05) is 0 Å². The molecule has 1 fully saturated rings. The Hall–Kier alpha value is -1.06. The van der Waals surface area contributed by atoms with E-state index in [1.54, 1.807) is 0 Å². The minimum atomic E-state index is -1.29. The molecule has 0 heterocycles. The van der Waals surface area contributed by atoms with Crippen molar-refractivity contribution < 1.29 is 19.8 Å². The number of hydrogen-bond acceptors (Lipinski definition) is 4. The number of carboxylic acids is 2. The molecule has 0 radical (unpaired) electrons. The van der Waals surface area contributed by atoms with E-state index in [2.05, 4.69) is 0 Å². The van der Waals surface area contributed by atoms with Crippen LogP contribution in [0.4, 0.5) is 0 Å². The quantitative estimate of drug-likeness (QED) is 0.400. The summed E-state index contributed by atoms with van der Waals surface area (Å²) in [5.41, 5.74) is 0. The standard InChI is InChI=1S/C5H6O4/c6-4(7)2-1-3(2)5(8)9/h2-3H,1H2,(H,6,7)(H,8,9)/p-2/t2-,3+. The Balaban J connectivity index is 2.42.